The zero-order chi connectivity index (χ0) is 11.3. The van der Waals surface area contributed by atoms with E-state index in [4.69, 9.17) is 0 Å². The van der Waals surface area contributed by atoms with Crippen molar-refractivity contribution in [2.75, 3.05) is 0 Å². The van der Waals surface area contributed by atoms with E-state index in [9.17, 15) is 0 Å². The third kappa shape index (κ3) is 1.53. The molecule has 0 spiro atoms. The molecule has 0 N–H and O–H groups in total. The lowest BCUT2D eigenvalue weighted by atomic mass is 9.87. The lowest BCUT2D eigenvalue weighted by molar-refractivity contribution is 0.589. The second kappa shape index (κ2) is 3.09. The van der Waals surface area contributed by atoms with Crippen molar-refractivity contribution >= 4 is 10.9 Å². The fourth-order valence-corrected chi connectivity index (χ4v) is 2.11. The van der Waals surface area contributed by atoms with Crippen LogP contribution in [-0.4, -0.2) is 9.78 Å². The summed E-state index contributed by atoms with van der Waals surface area (Å²) in [6, 6.07) is 7.39. The number of rotatable bonds is 1. The highest BCUT2D eigenvalue weighted by molar-refractivity contribution is 5.79. The molecule has 84 valence electrons. The van der Waals surface area contributed by atoms with Crippen LogP contribution in [0.2, 0.25) is 0 Å². The third-order valence-electron chi connectivity index (χ3n) is 3.36. The number of hydrogen-bond donors (Lipinski definition) is 0. The largest absolute Gasteiger partial charge is 0.262 e. The Balaban J connectivity index is 2.17. The quantitative estimate of drug-likeness (QED) is 0.708. The Labute approximate surface area is 96.3 Å². The summed E-state index contributed by atoms with van der Waals surface area (Å²) in [5.74, 6) is 0. The van der Waals surface area contributed by atoms with Crippen LogP contribution in [0.25, 0.3) is 10.9 Å². The van der Waals surface area contributed by atoms with E-state index >= 15 is 0 Å². The van der Waals surface area contributed by atoms with Crippen LogP contribution < -0.4 is 0 Å². The number of aromatic nitrogens is 2. The molecule has 2 nitrogen and oxygen atoms in total. The summed E-state index contributed by atoms with van der Waals surface area (Å²) in [5.41, 5.74) is 2.91. The molecule has 0 atom stereocenters. The van der Waals surface area contributed by atoms with Gasteiger partial charge in [0.15, 0.2) is 0 Å². The molecular formula is C14H18N2. The normalized spacial score (nSPS) is 16.9. The molecule has 1 heterocycles. The highest BCUT2D eigenvalue weighted by Crippen LogP contribution is 2.37. The minimum Gasteiger partial charge on any atom is -0.262 e. The van der Waals surface area contributed by atoms with Crippen molar-refractivity contribution in [2.45, 2.75) is 45.1 Å². The summed E-state index contributed by atoms with van der Waals surface area (Å²) in [6.07, 6.45) is 4.56. The van der Waals surface area contributed by atoms with Gasteiger partial charge in [-0.2, -0.15) is 5.10 Å². The van der Waals surface area contributed by atoms with Crippen molar-refractivity contribution in [3.8, 4) is 0 Å². The first-order valence-corrected chi connectivity index (χ1v) is 6.03. The molecule has 0 radical (unpaired) electrons. The highest BCUT2D eigenvalue weighted by atomic mass is 15.3. The molecule has 16 heavy (non-hydrogen) atoms. The van der Waals surface area contributed by atoms with E-state index in [1.165, 1.54) is 29.3 Å². The summed E-state index contributed by atoms with van der Waals surface area (Å²) in [4.78, 5) is 0. The van der Waals surface area contributed by atoms with E-state index in [2.05, 4.69) is 48.8 Å². The lowest BCUT2D eigenvalue weighted by Gasteiger charge is -2.19. The van der Waals surface area contributed by atoms with Crippen LogP contribution in [0.5, 0.6) is 0 Å². The van der Waals surface area contributed by atoms with Crippen molar-refractivity contribution in [1.29, 1.82) is 0 Å². The highest BCUT2D eigenvalue weighted by Gasteiger charge is 2.26. The Morgan fingerprint density at radius 1 is 1.25 bits per heavy atom. The SMILES string of the molecule is CC(C)(C)c1ccc2cnn(C3CC3)c2c1. The minimum absolute atomic E-state index is 0.215. The van der Waals surface area contributed by atoms with Crippen molar-refractivity contribution in [3.05, 3.63) is 30.0 Å². The second-order valence-corrected chi connectivity index (χ2v) is 5.84. The van der Waals surface area contributed by atoms with Gasteiger partial charge in [0, 0.05) is 5.39 Å². The van der Waals surface area contributed by atoms with Crippen LogP contribution in [-0.2, 0) is 5.41 Å². The van der Waals surface area contributed by atoms with Crippen molar-refractivity contribution in [2.24, 2.45) is 0 Å². The monoisotopic (exact) mass is 214 g/mol. The van der Waals surface area contributed by atoms with Crippen molar-refractivity contribution in [1.82, 2.24) is 9.78 Å². The lowest BCUT2D eigenvalue weighted by Crippen LogP contribution is -2.11. The van der Waals surface area contributed by atoms with Gasteiger partial charge in [-0.25, -0.2) is 0 Å². The molecular weight excluding hydrogens is 196 g/mol. The van der Waals surface area contributed by atoms with E-state index in [1.54, 1.807) is 0 Å². The Morgan fingerprint density at radius 3 is 2.62 bits per heavy atom. The van der Waals surface area contributed by atoms with Crippen LogP contribution in [0.3, 0.4) is 0 Å². The first-order chi connectivity index (χ1) is 7.55. The molecule has 1 saturated carbocycles. The molecule has 0 saturated heterocycles. The molecule has 0 bridgehead atoms. The molecule has 0 aliphatic heterocycles. The molecule has 0 amide bonds. The van der Waals surface area contributed by atoms with Crippen LogP contribution in [0.4, 0.5) is 0 Å². The van der Waals surface area contributed by atoms with Crippen LogP contribution in [0.1, 0.15) is 45.2 Å². The number of nitrogens with zero attached hydrogens (tertiary/aromatic N) is 2. The summed E-state index contributed by atoms with van der Waals surface area (Å²) in [6.45, 7) is 6.77. The topological polar surface area (TPSA) is 17.8 Å². The van der Waals surface area contributed by atoms with E-state index in [-0.39, 0.29) is 5.41 Å². The summed E-state index contributed by atoms with van der Waals surface area (Å²) < 4.78 is 2.20. The van der Waals surface area contributed by atoms with Gasteiger partial charge in [0.1, 0.15) is 0 Å². The van der Waals surface area contributed by atoms with Crippen molar-refractivity contribution in [3.63, 3.8) is 0 Å². The molecule has 1 aromatic heterocycles. The fourth-order valence-electron chi connectivity index (χ4n) is 2.11. The van der Waals surface area contributed by atoms with Crippen LogP contribution in [0.15, 0.2) is 24.4 Å². The molecule has 3 rings (SSSR count). The van der Waals surface area contributed by atoms with Gasteiger partial charge in [0.25, 0.3) is 0 Å². The fraction of sp³-hybridized carbons (Fsp3) is 0.500. The minimum atomic E-state index is 0.215. The predicted molar refractivity (Wildman–Crippen MR) is 66.7 cm³/mol. The van der Waals surface area contributed by atoms with E-state index in [1.807, 2.05) is 6.20 Å². The van der Waals surface area contributed by atoms with E-state index in [0.29, 0.717) is 6.04 Å². The number of fused-ring (bicyclic) bond motifs is 1. The Morgan fingerprint density at radius 2 is 2.00 bits per heavy atom. The van der Waals surface area contributed by atoms with E-state index < -0.39 is 0 Å². The van der Waals surface area contributed by atoms with Crippen molar-refractivity contribution < 1.29 is 0 Å². The van der Waals surface area contributed by atoms with Crippen LogP contribution >= 0.6 is 0 Å². The maximum Gasteiger partial charge on any atom is 0.0688 e. The van der Waals surface area contributed by atoms with Gasteiger partial charge < -0.3 is 0 Å². The van der Waals surface area contributed by atoms with Gasteiger partial charge in [0.05, 0.1) is 17.8 Å². The molecule has 1 aromatic carbocycles. The molecule has 1 aliphatic rings. The Bertz CT molecular complexity index is 527. The molecule has 2 heteroatoms. The predicted octanol–water partition coefficient (Wildman–Crippen LogP) is 3.67. The first kappa shape index (κ1) is 9.88. The Hall–Kier alpha value is -1.31. The molecule has 1 fully saturated rings. The average Bonchev–Trinajstić information content (AvgIpc) is 2.96. The zero-order valence-corrected chi connectivity index (χ0v) is 10.2. The number of benzene rings is 1. The zero-order valence-electron chi connectivity index (χ0n) is 10.2. The van der Waals surface area contributed by atoms with Gasteiger partial charge in [-0.3, -0.25) is 4.68 Å². The average molecular weight is 214 g/mol. The van der Waals surface area contributed by atoms with Gasteiger partial charge in [0.2, 0.25) is 0 Å². The standard InChI is InChI=1S/C14H18N2/c1-14(2,3)11-5-4-10-9-15-16(12-6-7-12)13(10)8-11/h4-5,8-9,12H,6-7H2,1-3H3. The van der Waals surface area contributed by atoms with E-state index in [0.717, 1.165) is 0 Å². The number of hydrogen-bond acceptors (Lipinski definition) is 1. The maximum absolute atomic E-state index is 4.50. The smallest absolute Gasteiger partial charge is 0.0688 e. The van der Waals surface area contributed by atoms with Gasteiger partial charge >= 0.3 is 0 Å². The third-order valence-corrected chi connectivity index (χ3v) is 3.36. The Kier molecular flexibility index (Phi) is 1.91. The summed E-state index contributed by atoms with van der Waals surface area (Å²) >= 11 is 0. The molecule has 2 aromatic rings. The maximum atomic E-state index is 4.50. The van der Waals surface area contributed by atoms with Gasteiger partial charge in [-0.15, -0.1) is 0 Å². The van der Waals surface area contributed by atoms with Crippen LogP contribution in [0, 0.1) is 0 Å². The first-order valence-electron chi connectivity index (χ1n) is 6.03. The molecule has 1 aliphatic carbocycles. The second-order valence-electron chi connectivity index (χ2n) is 5.84. The summed E-state index contributed by atoms with van der Waals surface area (Å²) in [7, 11) is 0. The van der Waals surface area contributed by atoms with Gasteiger partial charge in [-0.05, 0) is 29.9 Å². The van der Waals surface area contributed by atoms with Gasteiger partial charge in [-0.1, -0.05) is 32.9 Å². The summed E-state index contributed by atoms with van der Waals surface area (Å²) in [5, 5.41) is 5.76. The molecule has 0 unspecified atom stereocenters.